The summed E-state index contributed by atoms with van der Waals surface area (Å²) in [5.74, 6) is -1.57. The van der Waals surface area contributed by atoms with Gasteiger partial charge in [0.15, 0.2) is 18.1 Å². The molecule has 0 unspecified atom stereocenters. The van der Waals surface area contributed by atoms with E-state index in [9.17, 15) is 22.8 Å². The summed E-state index contributed by atoms with van der Waals surface area (Å²) in [6, 6.07) is 1.95. The number of rotatable bonds is 8. The quantitative estimate of drug-likeness (QED) is 0.363. The van der Waals surface area contributed by atoms with E-state index in [-0.39, 0.29) is 41.4 Å². The second kappa shape index (κ2) is 9.15. The van der Waals surface area contributed by atoms with Crippen LogP contribution < -0.4 is 10.5 Å². The molecule has 2 aromatic rings. The Balaban J connectivity index is 2.20. The molecule has 0 aliphatic carbocycles. The maximum absolute atomic E-state index is 12.8. The number of hydrogen-bond donors (Lipinski definition) is 1. The molecule has 0 aliphatic heterocycles. The van der Waals surface area contributed by atoms with Crippen molar-refractivity contribution in [3.63, 3.8) is 0 Å². The van der Waals surface area contributed by atoms with Crippen molar-refractivity contribution in [2.45, 2.75) is 19.6 Å². The van der Waals surface area contributed by atoms with Gasteiger partial charge in [0.1, 0.15) is 10.3 Å². The molecule has 2 heterocycles. The largest absolute Gasteiger partial charge is 0.483 e. The number of nitrogens with two attached hydrogens (primary N) is 1. The molecule has 2 aromatic heterocycles. The van der Waals surface area contributed by atoms with Crippen LogP contribution in [0.1, 0.15) is 33.5 Å². The minimum Gasteiger partial charge on any atom is -0.483 e. The van der Waals surface area contributed by atoms with Crippen molar-refractivity contribution in [3.8, 4) is 5.75 Å². The maximum atomic E-state index is 12.8. The zero-order valence-corrected chi connectivity index (χ0v) is 16.2. The first kappa shape index (κ1) is 21.8. The van der Waals surface area contributed by atoms with Crippen LogP contribution >= 0.6 is 15.9 Å². The number of ether oxygens (including phenoxy) is 2. The number of nitrogens with zero attached hydrogens (tertiary/aromatic N) is 3. The van der Waals surface area contributed by atoms with Gasteiger partial charge in [-0.3, -0.25) is 9.48 Å². The van der Waals surface area contributed by atoms with E-state index >= 15 is 0 Å². The van der Waals surface area contributed by atoms with E-state index < -0.39 is 30.1 Å². The second-order valence-electron chi connectivity index (χ2n) is 5.37. The number of pyridine rings is 1. The summed E-state index contributed by atoms with van der Waals surface area (Å²) in [4.78, 5) is 27.8. The molecule has 0 bridgehead atoms. The van der Waals surface area contributed by atoms with Crippen LogP contribution in [0.25, 0.3) is 0 Å². The Morgan fingerprint density at radius 1 is 1.32 bits per heavy atom. The summed E-state index contributed by atoms with van der Waals surface area (Å²) in [6.07, 6.45) is -3.97. The number of esters is 1. The number of aromatic nitrogens is 3. The van der Waals surface area contributed by atoms with E-state index in [0.29, 0.717) is 6.20 Å². The summed E-state index contributed by atoms with van der Waals surface area (Å²) in [5.41, 5.74) is 4.39. The van der Waals surface area contributed by atoms with E-state index in [0.717, 1.165) is 6.07 Å². The van der Waals surface area contributed by atoms with Crippen molar-refractivity contribution in [2.75, 3.05) is 19.8 Å². The topological polar surface area (TPSA) is 109 Å². The standard InChI is InChI=1S/C16H16BrF3N4O4/c1-2-27-15(26)10-6-11(24(23-10)4-3-21)12(25)8-28-13-5-9(16(18,19)20)7-22-14(13)17/h5-7H,2-4,8,21H2,1H3. The van der Waals surface area contributed by atoms with Crippen LogP contribution in [0.15, 0.2) is 22.9 Å². The molecular weight excluding hydrogens is 449 g/mol. The van der Waals surface area contributed by atoms with Gasteiger partial charge in [-0.2, -0.15) is 18.3 Å². The molecule has 0 aromatic carbocycles. The molecule has 0 atom stereocenters. The Kier molecular flexibility index (Phi) is 7.13. The van der Waals surface area contributed by atoms with Crippen molar-refractivity contribution >= 4 is 27.7 Å². The fourth-order valence-electron chi connectivity index (χ4n) is 2.14. The minimum absolute atomic E-state index is 0.0102. The molecule has 0 amide bonds. The Labute approximate surface area is 165 Å². The van der Waals surface area contributed by atoms with Crippen LogP contribution in [0.2, 0.25) is 0 Å². The fraction of sp³-hybridized carbons (Fsp3) is 0.375. The van der Waals surface area contributed by atoms with E-state index in [1.807, 2.05) is 0 Å². The van der Waals surface area contributed by atoms with Gasteiger partial charge in [-0.25, -0.2) is 9.78 Å². The van der Waals surface area contributed by atoms with Crippen molar-refractivity contribution in [1.29, 1.82) is 0 Å². The SMILES string of the molecule is CCOC(=O)c1cc(C(=O)COc2cc(C(F)(F)F)cnc2Br)n(CCN)n1. The number of alkyl halides is 3. The van der Waals surface area contributed by atoms with Gasteiger partial charge < -0.3 is 15.2 Å². The first-order valence-electron chi connectivity index (χ1n) is 8.01. The highest BCUT2D eigenvalue weighted by molar-refractivity contribution is 9.10. The zero-order chi connectivity index (χ0) is 20.9. The summed E-state index contributed by atoms with van der Waals surface area (Å²) >= 11 is 2.97. The third-order valence-electron chi connectivity index (χ3n) is 3.38. The van der Waals surface area contributed by atoms with Gasteiger partial charge >= 0.3 is 12.1 Å². The molecule has 8 nitrogen and oxygen atoms in total. The Morgan fingerprint density at radius 3 is 2.64 bits per heavy atom. The summed E-state index contributed by atoms with van der Waals surface area (Å²) < 4.78 is 49.6. The first-order valence-corrected chi connectivity index (χ1v) is 8.80. The van der Waals surface area contributed by atoms with E-state index in [2.05, 4.69) is 26.0 Å². The third-order valence-corrected chi connectivity index (χ3v) is 3.98. The lowest BCUT2D eigenvalue weighted by Crippen LogP contribution is -2.20. The normalized spacial score (nSPS) is 11.4. The summed E-state index contributed by atoms with van der Waals surface area (Å²) in [5, 5.41) is 3.97. The highest BCUT2D eigenvalue weighted by Gasteiger charge is 2.32. The molecule has 0 saturated carbocycles. The molecule has 12 heteroatoms. The van der Waals surface area contributed by atoms with Gasteiger partial charge in [-0.05, 0) is 28.9 Å². The van der Waals surface area contributed by atoms with Gasteiger partial charge in [0.25, 0.3) is 0 Å². The van der Waals surface area contributed by atoms with Crippen LogP contribution in [-0.4, -0.2) is 46.3 Å². The van der Waals surface area contributed by atoms with Crippen molar-refractivity contribution < 1.29 is 32.2 Å². The minimum atomic E-state index is -4.61. The van der Waals surface area contributed by atoms with Crippen LogP contribution in [0, 0.1) is 0 Å². The predicted octanol–water partition coefficient (Wildman–Crippen LogP) is 2.46. The Hall–Kier alpha value is -2.47. The third kappa shape index (κ3) is 5.29. The number of ketones is 1. The molecule has 28 heavy (non-hydrogen) atoms. The number of hydrogen-bond acceptors (Lipinski definition) is 7. The number of Topliss-reactive ketones (excluding diaryl/α,β-unsaturated/α-hetero) is 1. The average Bonchev–Trinajstić information content (AvgIpc) is 3.04. The molecule has 0 fully saturated rings. The molecule has 0 radical (unpaired) electrons. The second-order valence-corrected chi connectivity index (χ2v) is 6.12. The molecule has 2 N–H and O–H groups in total. The smallest absolute Gasteiger partial charge is 0.418 e. The molecule has 0 aliphatic rings. The maximum Gasteiger partial charge on any atom is 0.418 e. The van der Waals surface area contributed by atoms with Crippen LogP contribution in [-0.2, 0) is 17.5 Å². The van der Waals surface area contributed by atoms with Gasteiger partial charge in [-0.15, -0.1) is 0 Å². The predicted molar refractivity (Wildman–Crippen MR) is 94.0 cm³/mol. The first-order chi connectivity index (χ1) is 13.2. The lowest BCUT2D eigenvalue weighted by atomic mass is 10.2. The number of carbonyl (C=O) groups excluding carboxylic acids is 2. The lowest BCUT2D eigenvalue weighted by Gasteiger charge is -2.11. The van der Waals surface area contributed by atoms with Crippen molar-refractivity contribution in [3.05, 3.63) is 39.9 Å². The van der Waals surface area contributed by atoms with E-state index in [1.54, 1.807) is 6.92 Å². The Bertz CT molecular complexity index is 870. The monoisotopic (exact) mass is 464 g/mol. The Morgan fingerprint density at radius 2 is 2.04 bits per heavy atom. The summed E-state index contributed by atoms with van der Waals surface area (Å²) in [6.45, 7) is 1.45. The van der Waals surface area contributed by atoms with Crippen molar-refractivity contribution in [2.24, 2.45) is 5.73 Å². The van der Waals surface area contributed by atoms with Gasteiger partial charge in [0, 0.05) is 18.8 Å². The van der Waals surface area contributed by atoms with Crippen LogP contribution in [0.4, 0.5) is 13.2 Å². The van der Waals surface area contributed by atoms with Crippen LogP contribution in [0.5, 0.6) is 5.75 Å². The highest BCUT2D eigenvalue weighted by atomic mass is 79.9. The van der Waals surface area contributed by atoms with Gasteiger partial charge in [0.2, 0.25) is 5.78 Å². The highest BCUT2D eigenvalue weighted by Crippen LogP contribution is 2.33. The fourth-order valence-corrected chi connectivity index (χ4v) is 2.47. The number of carbonyl (C=O) groups is 2. The summed E-state index contributed by atoms with van der Waals surface area (Å²) in [7, 11) is 0. The van der Waals surface area contributed by atoms with E-state index in [4.69, 9.17) is 15.2 Å². The van der Waals surface area contributed by atoms with Gasteiger partial charge in [0.05, 0.1) is 18.7 Å². The molecule has 0 spiro atoms. The van der Waals surface area contributed by atoms with Crippen molar-refractivity contribution in [1.82, 2.24) is 14.8 Å². The molecular formula is C16H16BrF3N4O4. The van der Waals surface area contributed by atoms with Gasteiger partial charge in [-0.1, -0.05) is 0 Å². The lowest BCUT2D eigenvalue weighted by molar-refractivity contribution is -0.138. The van der Waals surface area contributed by atoms with Crippen LogP contribution in [0.3, 0.4) is 0 Å². The molecule has 152 valence electrons. The average molecular weight is 465 g/mol. The number of halogens is 4. The molecule has 0 saturated heterocycles. The molecule has 2 rings (SSSR count). The zero-order valence-electron chi connectivity index (χ0n) is 14.6. The van der Waals surface area contributed by atoms with E-state index in [1.165, 1.54) is 10.7 Å².